The molecule has 0 aliphatic rings. The molecule has 15 heavy (non-hydrogen) atoms. The molecule has 0 radical (unpaired) electrons. The molecule has 0 saturated heterocycles. The zero-order chi connectivity index (χ0) is 11.1. The molecular weight excluding hydrogens is 208 g/mol. The summed E-state index contributed by atoms with van der Waals surface area (Å²) in [4.78, 5) is 0. The van der Waals surface area contributed by atoms with Crippen molar-refractivity contribution >= 4 is 23.1 Å². The molecule has 0 bridgehead atoms. The zero-order valence-corrected chi connectivity index (χ0v) is 10.9. The van der Waals surface area contributed by atoms with Crippen LogP contribution in [0.4, 0.5) is 0 Å². The fraction of sp³-hybridized carbons (Fsp3) is 1.00. The minimum absolute atomic E-state index is 0. The van der Waals surface area contributed by atoms with Gasteiger partial charge >= 0.3 is 23.1 Å². The Labute approximate surface area is 108 Å². The minimum Gasteiger partial charge on any atom is -0.854 e. The molecule has 0 aliphatic carbocycles. The van der Waals surface area contributed by atoms with Crippen molar-refractivity contribution in [2.24, 2.45) is 0 Å². The van der Waals surface area contributed by atoms with Crippen molar-refractivity contribution in [2.45, 2.75) is 38.5 Å². The summed E-state index contributed by atoms with van der Waals surface area (Å²) in [5, 5.41) is 35.8. The van der Waals surface area contributed by atoms with E-state index in [-0.39, 0.29) is 49.5 Å². The second-order valence-electron chi connectivity index (χ2n) is 2.98. The molecule has 0 atom stereocenters. The van der Waals surface area contributed by atoms with Gasteiger partial charge in [0.25, 0.3) is 0 Å². The number of hydrogen-bond donors (Lipinski definition) is 2. The van der Waals surface area contributed by atoms with E-state index in [2.05, 4.69) is 0 Å². The zero-order valence-electron chi connectivity index (χ0n) is 9.49. The first kappa shape index (κ1) is 21.0. The monoisotopic (exact) mass is 230 g/mol. The summed E-state index contributed by atoms with van der Waals surface area (Å²) in [5.74, 6) is 0. The summed E-state index contributed by atoms with van der Waals surface area (Å²) in [6, 6.07) is 0. The molecule has 0 heterocycles. The maximum Gasteiger partial charge on any atom is 2.00 e. The molecule has 5 heteroatoms. The molecule has 0 rings (SSSR count). The van der Waals surface area contributed by atoms with Crippen LogP contribution < -0.4 is 10.2 Å². The Bertz CT molecular complexity index is 65.8. The Hall–Kier alpha value is 0.606. The van der Waals surface area contributed by atoms with Crippen molar-refractivity contribution in [1.29, 1.82) is 0 Å². The molecular formula is C10H22MgO4. The Balaban J connectivity index is -0.000000180. The van der Waals surface area contributed by atoms with Gasteiger partial charge in [0.2, 0.25) is 0 Å². The van der Waals surface area contributed by atoms with Gasteiger partial charge in [-0.15, -0.1) is 13.2 Å². The normalized spacial score (nSPS) is 8.80. The van der Waals surface area contributed by atoms with E-state index in [1.807, 2.05) is 0 Å². The maximum atomic E-state index is 9.72. The Morgan fingerprint density at radius 3 is 1.13 bits per heavy atom. The Morgan fingerprint density at radius 2 is 0.933 bits per heavy atom. The van der Waals surface area contributed by atoms with Gasteiger partial charge < -0.3 is 20.4 Å². The molecule has 4 nitrogen and oxygen atoms in total. The van der Waals surface area contributed by atoms with Crippen molar-refractivity contribution in [3.05, 3.63) is 0 Å². The first-order valence-electron chi connectivity index (χ1n) is 5.21. The van der Waals surface area contributed by atoms with E-state index in [0.29, 0.717) is 12.8 Å². The quantitative estimate of drug-likeness (QED) is 0.398. The van der Waals surface area contributed by atoms with Crippen molar-refractivity contribution in [2.75, 3.05) is 26.4 Å². The SMILES string of the molecule is [Mg+2].[O-]CCCCCO.[O-]CCCCCO. The van der Waals surface area contributed by atoms with E-state index in [0.717, 1.165) is 25.7 Å². The Morgan fingerprint density at radius 1 is 0.600 bits per heavy atom. The standard InChI is InChI=1S/2C5H11O2.Mg/c2*6-4-2-1-3-5-7;/h2*6H,1-5H2;/q2*-1;+2. The van der Waals surface area contributed by atoms with Crippen LogP contribution in [0.1, 0.15) is 38.5 Å². The molecule has 0 saturated carbocycles. The summed E-state index contributed by atoms with van der Waals surface area (Å²) in [5.41, 5.74) is 0. The molecule has 0 aromatic heterocycles. The van der Waals surface area contributed by atoms with Crippen LogP contribution in [0.5, 0.6) is 0 Å². The second kappa shape index (κ2) is 24.0. The fourth-order valence-corrected chi connectivity index (χ4v) is 0.781. The van der Waals surface area contributed by atoms with Gasteiger partial charge in [0.05, 0.1) is 0 Å². The predicted molar refractivity (Wildman–Crippen MR) is 57.4 cm³/mol. The summed E-state index contributed by atoms with van der Waals surface area (Å²) in [6.07, 6.45) is 4.73. The van der Waals surface area contributed by atoms with Gasteiger partial charge in [0, 0.05) is 13.2 Å². The second-order valence-corrected chi connectivity index (χ2v) is 2.98. The van der Waals surface area contributed by atoms with Crippen molar-refractivity contribution in [3.8, 4) is 0 Å². The van der Waals surface area contributed by atoms with Crippen molar-refractivity contribution in [3.63, 3.8) is 0 Å². The summed E-state index contributed by atoms with van der Waals surface area (Å²) in [7, 11) is 0. The number of rotatable bonds is 8. The predicted octanol–water partition coefficient (Wildman–Crippen LogP) is -1.36. The average Bonchev–Trinajstić information content (AvgIpc) is 2.21. The van der Waals surface area contributed by atoms with E-state index < -0.39 is 0 Å². The van der Waals surface area contributed by atoms with Gasteiger partial charge in [-0.3, -0.25) is 0 Å². The van der Waals surface area contributed by atoms with Crippen LogP contribution in [0.3, 0.4) is 0 Å². The number of aliphatic hydroxyl groups is 2. The van der Waals surface area contributed by atoms with Crippen LogP contribution in [0.2, 0.25) is 0 Å². The van der Waals surface area contributed by atoms with Crippen LogP contribution >= 0.6 is 0 Å². The summed E-state index contributed by atoms with van der Waals surface area (Å²) in [6.45, 7) is 0.444. The third-order valence-corrected chi connectivity index (χ3v) is 1.60. The number of aliphatic hydroxyl groups excluding tert-OH is 2. The molecule has 88 valence electrons. The van der Waals surface area contributed by atoms with Crippen LogP contribution in [-0.2, 0) is 0 Å². The molecule has 0 aromatic carbocycles. The van der Waals surface area contributed by atoms with E-state index in [1.165, 1.54) is 0 Å². The van der Waals surface area contributed by atoms with Gasteiger partial charge in [-0.2, -0.15) is 0 Å². The third kappa shape index (κ3) is 31.3. The van der Waals surface area contributed by atoms with Crippen LogP contribution in [-0.4, -0.2) is 59.7 Å². The molecule has 2 N–H and O–H groups in total. The average molecular weight is 231 g/mol. The topological polar surface area (TPSA) is 86.6 Å². The summed E-state index contributed by atoms with van der Waals surface area (Å²) >= 11 is 0. The van der Waals surface area contributed by atoms with Gasteiger partial charge in [0.1, 0.15) is 0 Å². The largest absolute Gasteiger partial charge is 2.00 e. The first-order valence-corrected chi connectivity index (χ1v) is 5.21. The number of unbranched alkanes of at least 4 members (excludes halogenated alkanes) is 4. The molecule has 0 spiro atoms. The van der Waals surface area contributed by atoms with Crippen LogP contribution in [0.15, 0.2) is 0 Å². The van der Waals surface area contributed by atoms with Gasteiger partial charge in [0.15, 0.2) is 0 Å². The molecule has 0 aromatic rings. The molecule has 0 aliphatic heterocycles. The van der Waals surface area contributed by atoms with Gasteiger partial charge in [-0.1, -0.05) is 25.7 Å². The van der Waals surface area contributed by atoms with E-state index in [1.54, 1.807) is 0 Å². The van der Waals surface area contributed by atoms with E-state index in [9.17, 15) is 10.2 Å². The van der Waals surface area contributed by atoms with Crippen molar-refractivity contribution in [1.82, 2.24) is 0 Å². The van der Waals surface area contributed by atoms with Gasteiger partial charge in [-0.25, -0.2) is 0 Å². The van der Waals surface area contributed by atoms with Crippen molar-refractivity contribution < 1.29 is 20.4 Å². The van der Waals surface area contributed by atoms with Crippen LogP contribution in [0, 0.1) is 0 Å². The van der Waals surface area contributed by atoms with Crippen LogP contribution in [0.25, 0.3) is 0 Å². The fourth-order valence-electron chi connectivity index (χ4n) is 0.781. The maximum absolute atomic E-state index is 9.72. The Kier molecular flexibility index (Phi) is 33.6. The molecule has 0 unspecified atom stereocenters. The first-order chi connectivity index (χ1) is 6.83. The third-order valence-electron chi connectivity index (χ3n) is 1.60. The number of hydrogen-bond acceptors (Lipinski definition) is 4. The summed E-state index contributed by atoms with van der Waals surface area (Å²) < 4.78 is 0. The van der Waals surface area contributed by atoms with E-state index >= 15 is 0 Å². The molecule has 0 amide bonds. The molecule has 0 fully saturated rings. The van der Waals surface area contributed by atoms with E-state index in [4.69, 9.17) is 10.2 Å². The minimum atomic E-state index is 0. The van der Waals surface area contributed by atoms with Gasteiger partial charge in [-0.05, 0) is 12.8 Å². The smallest absolute Gasteiger partial charge is 0.854 e.